The summed E-state index contributed by atoms with van der Waals surface area (Å²) in [6.07, 6.45) is 0. The van der Waals surface area contributed by atoms with E-state index in [0.717, 1.165) is 6.54 Å². The summed E-state index contributed by atoms with van der Waals surface area (Å²) in [5, 5.41) is 8.67. The zero-order valence-electron chi connectivity index (χ0n) is 6.62. The van der Waals surface area contributed by atoms with Crippen molar-refractivity contribution < 1.29 is 14.6 Å². The smallest absolute Gasteiger partial charge is 0.310 e. The summed E-state index contributed by atoms with van der Waals surface area (Å²) in [4.78, 5) is 12.5. The van der Waals surface area contributed by atoms with E-state index in [0.29, 0.717) is 19.8 Å². The van der Waals surface area contributed by atoms with Crippen LogP contribution in [0.2, 0.25) is 0 Å². The number of carboxylic acid groups (broad SMARTS) is 1. The average molecular weight is 159 g/mol. The van der Waals surface area contributed by atoms with E-state index < -0.39 is 5.97 Å². The van der Waals surface area contributed by atoms with Gasteiger partial charge in [0, 0.05) is 13.1 Å². The second-order valence-corrected chi connectivity index (χ2v) is 2.87. The Kier molecular flexibility index (Phi) is 2.84. The molecule has 0 bridgehead atoms. The third kappa shape index (κ3) is 2.48. The molecule has 0 aliphatic carbocycles. The second kappa shape index (κ2) is 3.69. The van der Waals surface area contributed by atoms with E-state index in [-0.39, 0.29) is 5.92 Å². The summed E-state index contributed by atoms with van der Waals surface area (Å²) in [7, 11) is 1.91. The predicted molar refractivity (Wildman–Crippen MR) is 39.4 cm³/mol. The first-order chi connectivity index (χ1) is 5.20. The number of carbonyl (C=O) groups is 1. The normalized spacial score (nSPS) is 27.9. The number of hydrogen-bond donors (Lipinski definition) is 1. The first-order valence-electron chi connectivity index (χ1n) is 3.69. The van der Waals surface area contributed by atoms with Crippen molar-refractivity contribution >= 4 is 5.97 Å². The Balaban J connectivity index is 2.45. The molecule has 0 spiro atoms. The zero-order chi connectivity index (χ0) is 8.27. The van der Waals surface area contributed by atoms with Crippen LogP contribution < -0.4 is 0 Å². The van der Waals surface area contributed by atoms with Gasteiger partial charge >= 0.3 is 5.97 Å². The van der Waals surface area contributed by atoms with E-state index in [4.69, 9.17) is 9.84 Å². The minimum Gasteiger partial charge on any atom is -0.481 e. The molecule has 1 unspecified atom stereocenters. The largest absolute Gasteiger partial charge is 0.481 e. The third-order valence-corrected chi connectivity index (χ3v) is 1.82. The minimum atomic E-state index is -0.765. The molecule has 4 nitrogen and oxygen atoms in total. The Labute approximate surface area is 65.8 Å². The van der Waals surface area contributed by atoms with Crippen molar-refractivity contribution in [2.24, 2.45) is 5.92 Å². The molecule has 0 aromatic carbocycles. The van der Waals surface area contributed by atoms with E-state index >= 15 is 0 Å². The third-order valence-electron chi connectivity index (χ3n) is 1.82. The molecule has 1 saturated heterocycles. The van der Waals surface area contributed by atoms with Gasteiger partial charge in [0.2, 0.25) is 0 Å². The van der Waals surface area contributed by atoms with Gasteiger partial charge in [-0.05, 0) is 7.05 Å². The molecule has 1 atom stereocenters. The Hall–Kier alpha value is -0.610. The maximum atomic E-state index is 10.5. The van der Waals surface area contributed by atoms with Crippen LogP contribution in [-0.4, -0.2) is 49.3 Å². The predicted octanol–water partition coefficient (Wildman–Crippen LogP) is -0.351. The number of aliphatic carboxylic acids is 1. The van der Waals surface area contributed by atoms with Crippen molar-refractivity contribution in [1.82, 2.24) is 4.90 Å². The molecule has 1 aliphatic heterocycles. The molecule has 0 radical (unpaired) electrons. The highest BCUT2D eigenvalue weighted by molar-refractivity contribution is 5.70. The number of carboxylic acids is 1. The fraction of sp³-hybridized carbons (Fsp3) is 0.857. The van der Waals surface area contributed by atoms with Gasteiger partial charge in [-0.1, -0.05) is 0 Å². The molecule has 1 rings (SSSR count). The summed E-state index contributed by atoms with van der Waals surface area (Å²) in [5.41, 5.74) is 0. The maximum Gasteiger partial charge on any atom is 0.310 e. The average Bonchev–Trinajstić information content (AvgIpc) is 2.13. The highest BCUT2D eigenvalue weighted by atomic mass is 16.5. The zero-order valence-corrected chi connectivity index (χ0v) is 6.62. The van der Waals surface area contributed by atoms with Crippen molar-refractivity contribution in [2.45, 2.75) is 0 Å². The first kappa shape index (κ1) is 8.49. The SMILES string of the molecule is CN1CCOCC(C(=O)O)C1. The van der Waals surface area contributed by atoms with Crippen LogP contribution in [0.15, 0.2) is 0 Å². The Morgan fingerprint density at radius 2 is 2.45 bits per heavy atom. The Morgan fingerprint density at radius 1 is 1.73 bits per heavy atom. The fourth-order valence-corrected chi connectivity index (χ4v) is 1.12. The highest BCUT2D eigenvalue weighted by Crippen LogP contribution is 2.04. The Bertz CT molecular complexity index is 149. The molecule has 0 aromatic heterocycles. The number of likely N-dealkylation sites (N-methyl/N-ethyl adjacent to an activating group) is 1. The van der Waals surface area contributed by atoms with Crippen LogP contribution >= 0.6 is 0 Å². The van der Waals surface area contributed by atoms with Gasteiger partial charge in [-0.2, -0.15) is 0 Å². The molecule has 1 heterocycles. The first-order valence-corrected chi connectivity index (χ1v) is 3.69. The summed E-state index contributed by atoms with van der Waals surface area (Å²) < 4.78 is 5.12. The molecule has 1 N–H and O–H groups in total. The van der Waals surface area contributed by atoms with Crippen molar-refractivity contribution in [3.05, 3.63) is 0 Å². The lowest BCUT2D eigenvalue weighted by molar-refractivity contribution is -0.143. The van der Waals surface area contributed by atoms with Gasteiger partial charge < -0.3 is 14.7 Å². The molecular formula is C7H13NO3. The van der Waals surface area contributed by atoms with Crippen LogP contribution in [0, 0.1) is 5.92 Å². The lowest BCUT2D eigenvalue weighted by Crippen LogP contribution is -2.30. The number of rotatable bonds is 1. The van der Waals surface area contributed by atoms with E-state index in [1.807, 2.05) is 11.9 Å². The summed E-state index contributed by atoms with van der Waals surface area (Å²) in [5.74, 6) is -1.12. The van der Waals surface area contributed by atoms with Crippen LogP contribution in [0.4, 0.5) is 0 Å². The maximum absolute atomic E-state index is 10.5. The molecule has 64 valence electrons. The molecular weight excluding hydrogens is 146 g/mol. The standard InChI is InChI=1S/C7H13NO3/c1-8-2-3-11-5-6(4-8)7(9)10/h6H,2-5H2,1H3,(H,9,10). The van der Waals surface area contributed by atoms with Crippen molar-refractivity contribution in [2.75, 3.05) is 33.4 Å². The minimum absolute atomic E-state index is 0.347. The summed E-state index contributed by atoms with van der Waals surface area (Å²) in [6, 6.07) is 0. The van der Waals surface area contributed by atoms with Gasteiger partial charge in [-0.3, -0.25) is 4.79 Å². The molecule has 1 aliphatic rings. The number of ether oxygens (including phenoxy) is 1. The lowest BCUT2D eigenvalue weighted by atomic mass is 10.1. The molecule has 0 amide bonds. The van der Waals surface area contributed by atoms with Crippen molar-refractivity contribution in [1.29, 1.82) is 0 Å². The summed E-state index contributed by atoms with van der Waals surface area (Å²) >= 11 is 0. The van der Waals surface area contributed by atoms with E-state index in [2.05, 4.69) is 0 Å². The molecule has 4 heteroatoms. The number of nitrogens with zero attached hydrogens (tertiary/aromatic N) is 1. The van der Waals surface area contributed by atoms with E-state index in [9.17, 15) is 4.79 Å². The summed E-state index contributed by atoms with van der Waals surface area (Å²) in [6.45, 7) is 2.40. The quantitative estimate of drug-likeness (QED) is 0.568. The van der Waals surface area contributed by atoms with Gasteiger partial charge in [0.15, 0.2) is 0 Å². The topological polar surface area (TPSA) is 49.8 Å². The van der Waals surface area contributed by atoms with E-state index in [1.54, 1.807) is 0 Å². The van der Waals surface area contributed by atoms with Gasteiger partial charge in [0.1, 0.15) is 0 Å². The van der Waals surface area contributed by atoms with E-state index in [1.165, 1.54) is 0 Å². The van der Waals surface area contributed by atoms with Gasteiger partial charge in [0.25, 0.3) is 0 Å². The molecule has 0 aromatic rings. The Morgan fingerprint density at radius 3 is 3.09 bits per heavy atom. The fourth-order valence-electron chi connectivity index (χ4n) is 1.12. The van der Waals surface area contributed by atoms with Crippen LogP contribution in [-0.2, 0) is 9.53 Å². The second-order valence-electron chi connectivity index (χ2n) is 2.87. The van der Waals surface area contributed by atoms with Crippen LogP contribution in [0.3, 0.4) is 0 Å². The lowest BCUT2D eigenvalue weighted by Gasteiger charge is -2.14. The monoisotopic (exact) mass is 159 g/mol. The van der Waals surface area contributed by atoms with Gasteiger partial charge in [-0.15, -0.1) is 0 Å². The van der Waals surface area contributed by atoms with Crippen molar-refractivity contribution in [3.8, 4) is 0 Å². The molecule has 0 saturated carbocycles. The molecule has 1 fully saturated rings. The van der Waals surface area contributed by atoms with Gasteiger partial charge in [0.05, 0.1) is 19.1 Å². The highest BCUT2D eigenvalue weighted by Gasteiger charge is 2.21. The number of hydrogen-bond acceptors (Lipinski definition) is 3. The van der Waals surface area contributed by atoms with Crippen LogP contribution in [0.1, 0.15) is 0 Å². The van der Waals surface area contributed by atoms with Crippen LogP contribution in [0.5, 0.6) is 0 Å². The van der Waals surface area contributed by atoms with Crippen LogP contribution in [0.25, 0.3) is 0 Å². The molecule has 11 heavy (non-hydrogen) atoms. The van der Waals surface area contributed by atoms with Crippen molar-refractivity contribution in [3.63, 3.8) is 0 Å². The van der Waals surface area contributed by atoms with Gasteiger partial charge in [-0.25, -0.2) is 0 Å².